The highest BCUT2D eigenvalue weighted by Gasteiger charge is 2.12. The highest BCUT2D eigenvalue weighted by molar-refractivity contribution is 5.59. The van der Waals surface area contributed by atoms with E-state index in [1.165, 1.54) is 18.1 Å². The number of nitro groups is 1. The van der Waals surface area contributed by atoms with E-state index in [0.29, 0.717) is 12.3 Å². The van der Waals surface area contributed by atoms with Gasteiger partial charge in [0.25, 0.3) is 0 Å². The van der Waals surface area contributed by atoms with E-state index < -0.39 is 4.92 Å². The van der Waals surface area contributed by atoms with Gasteiger partial charge < -0.3 is 19.2 Å². The Labute approximate surface area is 120 Å². The van der Waals surface area contributed by atoms with Gasteiger partial charge in [0, 0.05) is 11.6 Å². The Kier molecular flexibility index (Phi) is 3.23. The number of imidazole rings is 1. The molecule has 1 aromatic carbocycles. The summed E-state index contributed by atoms with van der Waals surface area (Å²) >= 11 is 0. The fourth-order valence-corrected chi connectivity index (χ4v) is 1.96. The van der Waals surface area contributed by atoms with Crippen molar-refractivity contribution in [3.8, 4) is 11.3 Å². The summed E-state index contributed by atoms with van der Waals surface area (Å²) in [5, 5.41) is 14.6. The molecule has 0 saturated carbocycles. The molecule has 0 fully saturated rings. The second-order valence-corrected chi connectivity index (χ2v) is 4.71. The van der Waals surface area contributed by atoms with Crippen LogP contribution in [0, 0.1) is 17.0 Å². The van der Waals surface area contributed by atoms with Crippen molar-refractivity contribution in [1.82, 2.24) is 14.7 Å². The number of hydrogen-bond acceptors (Lipinski definition) is 5. The minimum Gasteiger partial charge on any atom is -0.359 e. The minimum absolute atomic E-state index is 0.187. The number of hydrogen-bond donors (Lipinski definition) is 0. The normalized spacial score (nSPS) is 10.7. The van der Waals surface area contributed by atoms with Gasteiger partial charge in [-0.1, -0.05) is 35.0 Å². The van der Waals surface area contributed by atoms with Crippen molar-refractivity contribution in [2.24, 2.45) is 0 Å². The van der Waals surface area contributed by atoms with Crippen molar-refractivity contribution in [3.63, 3.8) is 0 Å². The fourth-order valence-electron chi connectivity index (χ4n) is 1.96. The highest BCUT2D eigenvalue weighted by Crippen LogP contribution is 2.20. The highest BCUT2D eigenvalue weighted by atomic mass is 16.6. The van der Waals surface area contributed by atoms with Crippen LogP contribution in [0.2, 0.25) is 0 Å². The molecule has 3 rings (SSSR count). The summed E-state index contributed by atoms with van der Waals surface area (Å²) in [5.74, 6) is 0.422. The van der Waals surface area contributed by atoms with E-state index in [1.807, 2.05) is 37.3 Å². The smallest absolute Gasteiger partial charge is 0.359 e. The summed E-state index contributed by atoms with van der Waals surface area (Å²) in [5.41, 5.74) is 2.88. The zero-order valence-corrected chi connectivity index (χ0v) is 11.3. The number of benzene rings is 1. The van der Waals surface area contributed by atoms with Crippen LogP contribution in [0.3, 0.4) is 0 Å². The lowest BCUT2D eigenvalue weighted by atomic mass is 10.1. The minimum atomic E-state index is -0.533. The lowest BCUT2D eigenvalue weighted by molar-refractivity contribution is -0.389. The Morgan fingerprint density at radius 3 is 2.76 bits per heavy atom. The van der Waals surface area contributed by atoms with E-state index in [4.69, 9.17) is 4.52 Å². The Morgan fingerprint density at radius 2 is 2.10 bits per heavy atom. The van der Waals surface area contributed by atoms with E-state index in [9.17, 15) is 10.1 Å². The molecule has 0 radical (unpaired) electrons. The fraction of sp³-hybridized carbons (Fsp3) is 0.143. The zero-order chi connectivity index (χ0) is 14.8. The third kappa shape index (κ3) is 2.81. The Bertz CT molecular complexity index is 774. The van der Waals surface area contributed by atoms with Gasteiger partial charge in [-0.3, -0.25) is 0 Å². The molecule has 0 aliphatic carbocycles. The van der Waals surface area contributed by atoms with E-state index >= 15 is 0 Å². The molecule has 21 heavy (non-hydrogen) atoms. The van der Waals surface area contributed by atoms with Gasteiger partial charge in [0.15, 0.2) is 5.76 Å². The molecule has 0 saturated heterocycles. The van der Waals surface area contributed by atoms with Gasteiger partial charge >= 0.3 is 5.82 Å². The largest absolute Gasteiger partial charge is 0.381 e. The summed E-state index contributed by atoms with van der Waals surface area (Å²) in [6.45, 7) is 2.36. The maximum atomic E-state index is 10.6. The lowest BCUT2D eigenvalue weighted by Crippen LogP contribution is -1.94. The summed E-state index contributed by atoms with van der Waals surface area (Å²) in [4.78, 5) is 13.7. The van der Waals surface area contributed by atoms with Crippen LogP contribution in [0.4, 0.5) is 5.82 Å². The van der Waals surface area contributed by atoms with E-state index in [0.717, 1.165) is 11.3 Å². The summed E-state index contributed by atoms with van der Waals surface area (Å²) in [7, 11) is 0. The van der Waals surface area contributed by atoms with Crippen LogP contribution in [0.25, 0.3) is 11.3 Å². The molecular weight excluding hydrogens is 272 g/mol. The molecule has 0 unspecified atom stereocenters. The van der Waals surface area contributed by atoms with Crippen LogP contribution in [0.5, 0.6) is 0 Å². The Morgan fingerprint density at radius 1 is 1.33 bits per heavy atom. The van der Waals surface area contributed by atoms with Gasteiger partial charge in [-0.2, -0.15) is 0 Å². The third-order valence-electron chi connectivity index (χ3n) is 3.05. The molecule has 2 aromatic heterocycles. The number of rotatable bonds is 4. The molecule has 0 amide bonds. The maximum absolute atomic E-state index is 10.6. The lowest BCUT2D eigenvalue weighted by Gasteiger charge is -1.95. The van der Waals surface area contributed by atoms with Crippen LogP contribution in [0.15, 0.2) is 47.4 Å². The first-order valence-corrected chi connectivity index (χ1v) is 6.30. The average Bonchev–Trinajstić information content (AvgIpc) is 3.10. The summed E-state index contributed by atoms with van der Waals surface area (Å²) in [6, 6.07) is 9.76. The van der Waals surface area contributed by atoms with Crippen molar-refractivity contribution in [1.29, 1.82) is 0 Å². The predicted octanol–water partition coefficient (Wildman–Crippen LogP) is 2.80. The van der Waals surface area contributed by atoms with Gasteiger partial charge in [0.05, 0.1) is 6.54 Å². The van der Waals surface area contributed by atoms with Gasteiger partial charge in [0.2, 0.25) is 6.33 Å². The molecule has 7 nitrogen and oxygen atoms in total. The Balaban J connectivity index is 1.78. The van der Waals surface area contributed by atoms with Crippen LogP contribution >= 0.6 is 0 Å². The van der Waals surface area contributed by atoms with Crippen molar-refractivity contribution >= 4 is 5.82 Å². The molecule has 3 aromatic rings. The van der Waals surface area contributed by atoms with Crippen LogP contribution in [0.1, 0.15) is 11.3 Å². The molecule has 2 heterocycles. The molecule has 106 valence electrons. The average molecular weight is 284 g/mol. The van der Waals surface area contributed by atoms with Gasteiger partial charge in [-0.05, 0) is 16.8 Å². The van der Waals surface area contributed by atoms with Crippen molar-refractivity contribution in [3.05, 3.63) is 64.3 Å². The second-order valence-electron chi connectivity index (χ2n) is 4.71. The molecule has 0 atom stereocenters. The van der Waals surface area contributed by atoms with E-state index in [1.54, 1.807) is 4.57 Å². The molecule has 0 aliphatic heterocycles. The van der Waals surface area contributed by atoms with Crippen molar-refractivity contribution < 1.29 is 9.45 Å². The van der Waals surface area contributed by atoms with Crippen molar-refractivity contribution in [2.45, 2.75) is 13.5 Å². The monoisotopic (exact) mass is 284 g/mol. The first-order valence-electron chi connectivity index (χ1n) is 6.30. The van der Waals surface area contributed by atoms with Crippen LogP contribution in [-0.4, -0.2) is 19.6 Å². The quantitative estimate of drug-likeness (QED) is 0.543. The predicted molar refractivity (Wildman–Crippen MR) is 74.7 cm³/mol. The van der Waals surface area contributed by atoms with E-state index in [-0.39, 0.29) is 5.82 Å². The third-order valence-corrected chi connectivity index (χ3v) is 3.05. The first kappa shape index (κ1) is 13.0. The molecule has 0 spiro atoms. The Hall–Kier alpha value is -2.96. The van der Waals surface area contributed by atoms with Crippen LogP contribution in [-0.2, 0) is 6.54 Å². The van der Waals surface area contributed by atoms with Gasteiger partial charge in [-0.15, -0.1) is 0 Å². The van der Waals surface area contributed by atoms with Gasteiger partial charge in [0.1, 0.15) is 11.9 Å². The standard InChI is InChI=1S/C14H12N4O3/c1-10-2-4-11(5-3-10)13-6-12(21-16-13)7-17-8-14(15-9-17)18(19)20/h2-6,8-9H,7H2,1H3. The molecule has 0 bridgehead atoms. The summed E-state index contributed by atoms with van der Waals surface area (Å²) < 4.78 is 6.84. The first-order chi connectivity index (χ1) is 10.1. The SMILES string of the molecule is Cc1ccc(-c2cc(Cn3cnc([N+](=O)[O-])c3)on2)cc1. The topological polar surface area (TPSA) is 87.0 Å². The van der Waals surface area contributed by atoms with Crippen molar-refractivity contribution in [2.75, 3.05) is 0 Å². The summed E-state index contributed by atoms with van der Waals surface area (Å²) in [6.07, 6.45) is 2.75. The second kappa shape index (κ2) is 5.20. The van der Waals surface area contributed by atoms with Crippen LogP contribution < -0.4 is 0 Å². The molecule has 7 heteroatoms. The molecule has 0 aliphatic rings. The number of nitrogens with zero attached hydrogens (tertiary/aromatic N) is 4. The maximum Gasteiger partial charge on any atom is 0.381 e. The number of aromatic nitrogens is 3. The number of aryl methyl sites for hydroxylation is 1. The molecular formula is C14H12N4O3. The van der Waals surface area contributed by atoms with Gasteiger partial charge in [-0.25, -0.2) is 0 Å². The zero-order valence-electron chi connectivity index (χ0n) is 11.3. The van der Waals surface area contributed by atoms with E-state index in [2.05, 4.69) is 10.1 Å². The molecule has 0 N–H and O–H groups in total.